The van der Waals surface area contributed by atoms with Crippen molar-refractivity contribution in [3.05, 3.63) is 11.5 Å². The predicted molar refractivity (Wildman–Crippen MR) is 86.7 cm³/mol. The van der Waals surface area contributed by atoms with Crippen LogP contribution in [0.15, 0.2) is 0 Å². The second kappa shape index (κ2) is 5.64. The first-order valence-electron chi connectivity index (χ1n) is 8.05. The van der Waals surface area contributed by atoms with Gasteiger partial charge in [-0.15, -0.1) is 11.6 Å². The highest BCUT2D eigenvalue weighted by Crippen LogP contribution is 2.38. The molecule has 0 bridgehead atoms. The lowest BCUT2D eigenvalue weighted by Crippen LogP contribution is -2.24. The zero-order valence-electron chi connectivity index (χ0n) is 13.4. The standard InChI is InChI=1S/C16H25ClN4/c1-5-20-16-15(12(4)19-20)18-14(9-17)21(16)13-7-10(2)6-11(3)8-13/h10-11,13H,5-9H2,1-4H3. The SMILES string of the molecule is CCn1nc(C)c2nc(CCl)n(C3CC(C)CC(C)C3)c21. The third-order valence-electron chi connectivity index (χ3n) is 4.75. The van der Waals surface area contributed by atoms with Crippen LogP contribution in [0, 0.1) is 18.8 Å². The highest BCUT2D eigenvalue weighted by Gasteiger charge is 2.29. The molecular formula is C16H25ClN4. The van der Waals surface area contributed by atoms with Gasteiger partial charge >= 0.3 is 0 Å². The van der Waals surface area contributed by atoms with Crippen molar-refractivity contribution < 1.29 is 0 Å². The summed E-state index contributed by atoms with van der Waals surface area (Å²) < 4.78 is 4.47. The van der Waals surface area contributed by atoms with Crippen molar-refractivity contribution >= 4 is 22.8 Å². The Balaban J connectivity index is 2.15. The van der Waals surface area contributed by atoms with Gasteiger partial charge in [-0.2, -0.15) is 5.10 Å². The monoisotopic (exact) mass is 308 g/mol. The molecule has 2 heterocycles. The molecule has 0 radical (unpaired) electrons. The van der Waals surface area contributed by atoms with E-state index >= 15 is 0 Å². The molecule has 2 atom stereocenters. The van der Waals surface area contributed by atoms with Gasteiger partial charge in [0, 0.05) is 12.6 Å². The van der Waals surface area contributed by atoms with Crippen molar-refractivity contribution in [2.45, 2.75) is 65.4 Å². The van der Waals surface area contributed by atoms with Crippen LogP contribution >= 0.6 is 11.6 Å². The molecule has 0 aromatic carbocycles. The Hall–Kier alpha value is -1.03. The number of fused-ring (bicyclic) bond motifs is 1. The average Bonchev–Trinajstić information content (AvgIpc) is 2.95. The minimum absolute atomic E-state index is 0.469. The van der Waals surface area contributed by atoms with Gasteiger partial charge in [-0.05, 0) is 44.9 Å². The predicted octanol–water partition coefficient (Wildman–Crippen LogP) is 4.30. The molecular weight excluding hydrogens is 284 g/mol. The van der Waals surface area contributed by atoms with Crippen LogP contribution in [0.4, 0.5) is 0 Å². The van der Waals surface area contributed by atoms with Gasteiger partial charge in [0.15, 0.2) is 5.65 Å². The first-order chi connectivity index (χ1) is 10.0. The van der Waals surface area contributed by atoms with Crippen LogP contribution in [-0.2, 0) is 12.4 Å². The number of hydrogen-bond acceptors (Lipinski definition) is 2. The summed E-state index contributed by atoms with van der Waals surface area (Å²) in [5, 5.41) is 4.63. The molecule has 0 spiro atoms. The Kier molecular flexibility index (Phi) is 4.00. The lowest BCUT2D eigenvalue weighted by molar-refractivity contribution is 0.221. The molecule has 1 aliphatic carbocycles. The topological polar surface area (TPSA) is 35.6 Å². The molecule has 2 aromatic heterocycles. The molecule has 2 aromatic rings. The molecule has 1 aliphatic rings. The van der Waals surface area contributed by atoms with Crippen LogP contribution < -0.4 is 0 Å². The van der Waals surface area contributed by atoms with Crippen molar-refractivity contribution in [3.63, 3.8) is 0 Å². The molecule has 1 saturated carbocycles. The Morgan fingerprint density at radius 2 is 1.86 bits per heavy atom. The highest BCUT2D eigenvalue weighted by molar-refractivity contribution is 6.16. The van der Waals surface area contributed by atoms with E-state index in [9.17, 15) is 0 Å². The number of aryl methyl sites for hydroxylation is 2. The van der Waals surface area contributed by atoms with Gasteiger partial charge in [0.1, 0.15) is 11.3 Å². The van der Waals surface area contributed by atoms with E-state index in [1.165, 1.54) is 19.3 Å². The third kappa shape index (κ3) is 2.48. The Morgan fingerprint density at radius 3 is 2.43 bits per heavy atom. The van der Waals surface area contributed by atoms with Crippen LogP contribution in [0.1, 0.15) is 57.6 Å². The number of imidazole rings is 1. The van der Waals surface area contributed by atoms with Crippen LogP contribution in [-0.4, -0.2) is 19.3 Å². The first kappa shape index (κ1) is 14.9. The van der Waals surface area contributed by atoms with Gasteiger partial charge in [0.05, 0.1) is 11.6 Å². The smallest absolute Gasteiger partial charge is 0.159 e. The Morgan fingerprint density at radius 1 is 1.19 bits per heavy atom. The lowest BCUT2D eigenvalue weighted by atomic mass is 9.80. The fourth-order valence-electron chi connectivity index (χ4n) is 4.05. The zero-order valence-corrected chi connectivity index (χ0v) is 14.2. The lowest BCUT2D eigenvalue weighted by Gasteiger charge is -2.33. The first-order valence-corrected chi connectivity index (χ1v) is 8.58. The second-order valence-electron chi connectivity index (χ2n) is 6.68. The fourth-order valence-corrected chi connectivity index (χ4v) is 4.24. The summed E-state index contributed by atoms with van der Waals surface area (Å²) in [5.41, 5.74) is 3.20. The van der Waals surface area contributed by atoms with E-state index in [0.29, 0.717) is 11.9 Å². The van der Waals surface area contributed by atoms with Crippen LogP contribution in [0.5, 0.6) is 0 Å². The molecule has 0 saturated heterocycles. The van der Waals surface area contributed by atoms with E-state index in [-0.39, 0.29) is 0 Å². The number of halogens is 1. The normalized spacial score (nSPS) is 26.6. The molecule has 116 valence electrons. The molecule has 4 nitrogen and oxygen atoms in total. The van der Waals surface area contributed by atoms with E-state index in [1.807, 2.05) is 6.92 Å². The van der Waals surface area contributed by atoms with Gasteiger partial charge in [0.25, 0.3) is 0 Å². The van der Waals surface area contributed by atoms with E-state index in [4.69, 9.17) is 16.6 Å². The summed E-state index contributed by atoms with van der Waals surface area (Å²) in [4.78, 5) is 4.77. The van der Waals surface area contributed by atoms with Gasteiger partial charge < -0.3 is 4.57 Å². The maximum absolute atomic E-state index is 6.19. The van der Waals surface area contributed by atoms with E-state index in [2.05, 4.69) is 35.1 Å². The Bertz CT molecular complexity index is 632. The molecule has 2 unspecified atom stereocenters. The maximum atomic E-state index is 6.19. The summed E-state index contributed by atoms with van der Waals surface area (Å²) in [5.74, 6) is 2.99. The Labute approximate surface area is 131 Å². The number of aromatic nitrogens is 4. The highest BCUT2D eigenvalue weighted by atomic mass is 35.5. The molecule has 21 heavy (non-hydrogen) atoms. The van der Waals surface area contributed by atoms with Crippen LogP contribution in [0.25, 0.3) is 11.2 Å². The molecule has 0 N–H and O–H groups in total. The van der Waals surface area contributed by atoms with E-state index < -0.39 is 0 Å². The van der Waals surface area contributed by atoms with Crippen LogP contribution in [0.2, 0.25) is 0 Å². The average molecular weight is 309 g/mol. The quantitative estimate of drug-likeness (QED) is 0.793. The van der Waals surface area contributed by atoms with Crippen molar-refractivity contribution in [2.75, 3.05) is 0 Å². The summed E-state index contributed by atoms with van der Waals surface area (Å²) in [6.45, 7) is 9.76. The second-order valence-corrected chi connectivity index (χ2v) is 6.94. The zero-order chi connectivity index (χ0) is 15.1. The number of alkyl halides is 1. The largest absolute Gasteiger partial charge is 0.309 e. The summed E-state index contributed by atoms with van der Waals surface area (Å²) in [6.07, 6.45) is 3.76. The van der Waals surface area contributed by atoms with Gasteiger partial charge in [0.2, 0.25) is 0 Å². The van der Waals surface area contributed by atoms with Crippen molar-refractivity contribution in [2.24, 2.45) is 11.8 Å². The summed E-state index contributed by atoms with van der Waals surface area (Å²) in [7, 11) is 0. The maximum Gasteiger partial charge on any atom is 0.159 e. The van der Waals surface area contributed by atoms with Crippen LogP contribution in [0.3, 0.4) is 0 Å². The van der Waals surface area contributed by atoms with E-state index in [1.54, 1.807) is 0 Å². The number of nitrogens with zero attached hydrogens (tertiary/aromatic N) is 4. The third-order valence-corrected chi connectivity index (χ3v) is 4.99. The van der Waals surface area contributed by atoms with Gasteiger partial charge in [-0.3, -0.25) is 0 Å². The van der Waals surface area contributed by atoms with Crippen molar-refractivity contribution in [1.29, 1.82) is 0 Å². The van der Waals surface area contributed by atoms with Gasteiger partial charge in [-0.1, -0.05) is 13.8 Å². The molecule has 0 aliphatic heterocycles. The van der Waals surface area contributed by atoms with E-state index in [0.717, 1.165) is 41.1 Å². The molecule has 5 heteroatoms. The molecule has 1 fully saturated rings. The number of hydrogen-bond donors (Lipinski definition) is 0. The minimum atomic E-state index is 0.469. The molecule has 0 amide bonds. The summed E-state index contributed by atoms with van der Waals surface area (Å²) >= 11 is 6.19. The van der Waals surface area contributed by atoms with Crippen molar-refractivity contribution in [3.8, 4) is 0 Å². The minimum Gasteiger partial charge on any atom is -0.309 e. The number of rotatable bonds is 3. The van der Waals surface area contributed by atoms with Gasteiger partial charge in [-0.25, -0.2) is 9.67 Å². The van der Waals surface area contributed by atoms with Crippen molar-refractivity contribution in [1.82, 2.24) is 19.3 Å². The molecule has 3 rings (SSSR count). The summed E-state index contributed by atoms with van der Waals surface area (Å²) in [6, 6.07) is 0.504. The fraction of sp³-hybridized carbons (Fsp3) is 0.750.